The van der Waals surface area contributed by atoms with Gasteiger partial charge in [-0.2, -0.15) is 5.26 Å². The first-order chi connectivity index (χ1) is 7.86. The molecule has 2 aromatic rings. The van der Waals surface area contributed by atoms with Crippen LogP contribution in [0.2, 0.25) is 0 Å². The molecule has 0 amide bonds. The Morgan fingerprint density at radius 2 is 2.12 bits per heavy atom. The number of hydrogen-bond acceptors (Lipinski definition) is 5. The minimum Gasteiger partial charge on any atom is -0.394 e. The molecule has 0 saturated heterocycles. The number of aliphatic hydroxyl groups is 1. The van der Waals surface area contributed by atoms with Crippen molar-refractivity contribution >= 4 is 0 Å². The molecule has 0 radical (unpaired) electrons. The molecule has 0 aliphatic rings. The summed E-state index contributed by atoms with van der Waals surface area (Å²) in [5.41, 5.74) is 1.67. The van der Waals surface area contributed by atoms with E-state index >= 15 is 0 Å². The zero-order valence-electron chi connectivity index (χ0n) is 8.41. The molecule has 0 atom stereocenters. The Morgan fingerprint density at radius 1 is 1.38 bits per heavy atom. The van der Waals surface area contributed by atoms with Crippen molar-refractivity contribution in [1.82, 2.24) is 20.0 Å². The first-order valence-corrected chi connectivity index (χ1v) is 4.71. The van der Waals surface area contributed by atoms with E-state index in [0.29, 0.717) is 12.2 Å². The van der Waals surface area contributed by atoms with Crippen molar-refractivity contribution in [3.05, 3.63) is 30.2 Å². The Bertz CT molecular complexity index is 514. The van der Waals surface area contributed by atoms with Crippen LogP contribution in [-0.4, -0.2) is 31.7 Å². The van der Waals surface area contributed by atoms with Gasteiger partial charge in [-0.15, -0.1) is 5.10 Å². The van der Waals surface area contributed by atoms with Gasteiger partial charge >= 0.3 is 0 Å². The van der Waals surface area contributed by atoms with Crippen LogP contribution in [0, 0.1) is 11.3 Å². The summed E-state index contributed by atoms with van der Waals surface area (Å²) in [6, 6.07) is 5.52. The lowest BCUT2D eigenvalue weighted by molar-refractivity contribution is 0.269. The molecule has 0 fully saturated rings. The summed E-state index contributed by atoms with van der Waals surface area (Å²) in [4.78, 5) is 3.90. The van der Waals surface area contributed by atoms with E-state index in [1.54, 1.807) is 24.5 Å². The number of nitrogens with zero attached hydrogens (tertiary/aromatic N) is 5. The summed E-state index contributed by atoms with van der Waals surface area (Å²) in [5, 5.41) is 25.4. The van der Waals surface area contributed by atoms with Gasteiger partial charge in [-0.1, -0.05) is 5.21 Å². The smallest absolute Gasteiger partial charge is 0.190 e. The van der Waals surface area contributed by atoms with Crippen molar-refractivity contribution < 1.29 is 5.11 Å². The number of pyridine rings is 1. The Kier molecular flexibility index (Phi) is 2.89. The van der Waals surface area contributed by atoms with Crippen molar-refractivity contribution in [2.75, 3.05) is 6.61 Å². The fourth-order valence-corrected chi connectivity index (χ4v) is 1.44. The van der Waals surface area contributed by atoms with Gasteiger partial charge in [-0.25, -0.2) is 4.68 Å². The first-order valence-electron chi connectivity index (χ1n) is 4.71. The van der Waals surface area contributed by atoms with Crippen LogP contribution in [0.5, 0.6) is 0 Å². The molecule has 0 aromatic carbocycles. The monoisotopic (exact) mass is 215 g/mol. The second-order valence-corrected chi connectivity index (χ2v) is 3.08. The van der Waals surface area contributed by atoms with Crippen molar-refractivity contribution in [2.45, 2.75) is 6.54 Å². The maximum atomic E-state index is 8.92. The zero-order valence-corrected chi connectivity index (χ0v) is 8.41. The molecule has 16 heavy (non-hydrogen) atoms. The molecule has 0 spiro atoms. The van der Waals surface area contributed by atoms with Crippen molar-refractivity contribution in [3.8, 4) is 17.3 Å². The number of aromatic nitrogens is 4. The number of hydrogen-bond donors (Lipinski definition) is 1. The average molecular weight is 215 g/mol. The number of aliphatic hydroxyl groups excluding tert-OH is 1. The van der Waals surface area contributed by atoms with Gasteiger partial charge in [0.25, 0.3) is 0 Å². The molecule has 80 valence electrons. The van der Waals surface area contributed by atoms with Gasteiger partial charge < -0.3 is 5.11 Å². The van der Waals surface area contributed by atoms with Gasteiger partial charge in [0.2, 0.25) is 0 Å². The van der Waals surface area contributed by atoms with E-state index < -0.39 is 0 Å². The highest BCUT2D eigenvalue weighted by Gasteiger charge is 2.13. The summed E-state index contributed by atoms with van der Waals surface area (Å²) in [7, 11) is 0. The van der Waals surface area contributed by atoms with E-state index in [2.05, 4.69) is 15.3 Å². The van der Waals surface area contributed by atoms with Crippen LogP contribution in [0.4, 0.5) is 0 Å². The van der Waals surface area contributed by atoms with Gasteiger partial charge in [0.15, 0.2) is 5.69 Å². The summed E-state index contributed by atoms with van der Waals surface area (Å²) in [6.45, 7) is 0.263. The van der Waals surface area contributed by atoms with Crippen molar-refractivity contribution in [2.24, 2.45) is 0 Å². The summed E-state index contributed by atoms with van der Waals surface area (Å²) >= 11 is 0. The molecular weight excluding hydrogens is 206 g/mol. The highest BCUT2D eigenvalue weighted by Crippen LogP contribution is 2.20. The van der Waals surface area contributed by atoms with E-state index in [1.165, 1.54) is 4.68 Å². The molecule has 0 saturated carbocycles. The molecule has 0 aliphatic carbocycles. The maximum Gasteiger partial charge on any atom is 0.190 e. The highest BCUT2D eigenvalue weighted by molar-refractivity contribution is 5.64. The minimum absolute atomic E-state index is 0.0493. The molecule has 0 aliphatic heterocycles. The van der Waals surface area contributed by atoms with E-state index in [9.17, 15) is 0 Å². The lowest BCUT2D eigenvalue weighted by atomic mass is 10.1. The maximum absolute atomic E-state index is 8.92. The third-order valence-electron chi connectivity index (χ3n) is 2.11. The molecule has 1 N–H and O–H groups in total. The van der Waals surface area contributed by atoms with Crippen LogP contribution < -0.4 is 0 Å². The van der Waals surface area contributed by atoms with E-state index in [4.69, 9.17) is 10.4 Å². The van der Waals surface area contributed by atoms with Gasteiger partial charge in [0.05, 0.1) is 13.2 Å². The summed E-state index contributed by atoms with van der Waals surface area (Å²) in [6.07, 6.45) is 3.26. The van der Waals surface area contributed by atoms with Gasteiger partial charge in [0, 0.05) is 18.0 Å². The molecule has 2 rings (SSSR count). The summed E-state index contributed by atoms with van der Waals surface area (Å²) in [5.74, 6) is 0. The topological polar surface area (TPSA) is 87.6 Å². The van der Waals surface area contributed by atoms with Crippen LogP contribution in [0.3, 0.4) is 0 Å². The molecule has 2 heterocycles. The average Bonchev–Trinajstić information content (AvgIpc) is 2.74. The quantitative estimate of drug-likeness (QED) is 0.790. The Balaban J connectivity index is 2.54. The second kappa shape index (κ2) is 4.51. The van der Waals surface area contributed by atoms with Crippen LogP contribution in [-0.2, 0) is 6.54 Å². The first kappa shape index (κ1) is 10.3. The Morgan fingerprint density at radius 3 is 2.75 bits per heavy atom. The van der Waals surface area contributed by atoms with E-state index in [-0.39, 0.29) is 12.3 Å². The minimum atomic E-state index is -0.0493. The molecule has 0 unspecified atom stereocenters. The van der Waals surface area contributed by atoms with Crippen molar-refractivity contribution in [1.29, 1.82) is 5.26 Å². The Hall–Kier alpha value is -2.26. The van der Waals surface area contributed by atoms with Gasteiger partial charge in [0.1, 0.15) is 11.8 Å². The van der Waals surface area contributed by atoms with Gasteiger partial charge in [-0.3, -0.25) is 4.98 Å². The van der Waals surface area contributed by atoms with Crippen LogP contribution in [0.1, 0.15) is 5.69 Å². The second-order valence-electron chi connectivity index (χ2n) is 3.08. The third kappa shape index (κ3) is 1.76. The lowest BCUT2D eigenvalue weighted by Gasteiger charge is -2.03. The molecule has 2 aromatic heterocycles. The van der Waals surface area contributed by atoms with Crippen LogP contribution >= 0.6 is 0 Å². The fourth-order valence-electron chi connectivity index (χ4n) is 1.44. The molecule has 6 heteroatoms. The summed E-state index contributed by atoms with van der Waals surface area (Å²) < 4.78 is 1.51. The molecular formula is C10H9N5O. The zero-order chi connectivity index (χ0) is 11.4. The highest BCUT2D eigenvalue weighted by atomic mass is 16.3. The third-order valence-corrected chi connectivity index (χ3v) is 2.11. The number of rotatable bonds is 3. The van der Waals surface area contributed by atoms with Crippen molar-refractivity contribution in [3.63, 3.8) is 0 Å². The SMILES string of the molecule is N#Cc1nnn(CCO)c1-c1ccncc1. The van der Waals surface area contributed by atoms with Crippen LogP contribution in [0.15, 0.2) is 24.5 Å². The fraction of sp³-hybridized carbons (Fsp3) is 0.200. The molecule has 0 bridgehead atoms. The predicted octanol–water partition coefficient (Wildman–Crippen LogP) is 0.204. The molecule has 6 nitrogen and oxygen atoms in total. The van der Waals surface area contributed by atoms with Crippen LogP contribution in [0.25, 0.3) is 11.3 Å². The normalized spacial score (nSPS) is 10.0. The predicted molar refractivity (Wildman–Crippen MR) is 55.1 cm³/mol. The standard InChI is InChI=1S/C10H9N5O/c11-7-9-10(8-1-3-12-4-2-8)15(5-6-16)14-13-9/h1-4,16H,5-6H2. The van der Waals surface area contributed by atoms with Gasteiger partial charge in [-0.05, 0) is 12.1 Å². The van der Waals surface area contributed by atoms with E-state index in [1.807, 2.05) is 6.07 Å². The largest absolute Gasteiger partial charge is 0.394 e. The Labute approximate surface area is 91.8 Å². The van der Waals surface area contributed by atoms with E-state index in [0.717, 1.165) is 5.56 Å². The lowest BCUT2D eigenvalue weighted by Crippen LogP contribution is -2.06. The number of nitriles is 1.